The van der Waals surface area contributed by atoms with Gasteiger partial charge in [-0.25, -0.2) is 4.79 Å². The summed E-state index contributed by atoms with van der Waals surface area (Å²) >= 11 is 0. The van der Waals surface area contributed by atoms with E-state index in [1.807, 2.05) is 26.8 Å². The average molecular weight is 564 g/mol. The average Bonchev–Trinajstić information content (AvgIpc) is 3.17. The lowest BCUT2D eigenvalue weighted by Gasteiger charge is -2.35. The van der Waals surface area contributed by atoms with Crippen LogP contribution in [0.5, 0.6) is 0 Å². The molecular formula is C30H37N5O6. The predicted octanol–water partition coefficient (Wildman–Crippen LogP) is 1.86. The highest BCUT2D eigenvalue weighted by Gasteiger charge is 2.44. The fourth-order valence-electron chi connectivity index (χ4n) is 5.65. The van der Waals surface area contributed by atoms with Crippen molar-refractivity contribution in [1.82, 2.24) is 20.0 Å². The predicted molar refractivity (Wildman–Crippen MR) is 150 cm³/mol. The number of hydrogen-bond donors (Lipinski definition) is 1. The number of nitrogens with zero attached hydrogens (tertiary/aromatic N) is 4. The zero-order chi connectivity index (χ0) is 29.3. The third kappa shape index (κ3) is 6.38. The van der Waals surface area contributed by atoms with E-state index in [0.29, 0.717) is 25.2 Å². The number of piperidine rings is 2. The molecule has 11 nitrogen and oxygen atoms in total. The van der Waals surface area contributed by atoms with E-state index in [2.05, 4.69) is 27.0 Å². The molecule has 41 heavy (non-hydrogen) atoms. The monoisotopic (exact) mass is 563 g/mol. The molecule has 11 heteroatoms. The second-order valence-electron chi connectivity index (χ2n) is 12.0. The van der Waals surface area contributed by atoms with Crippen LogP contribution in [-0.2, 0) is 14.3 Å². The molecule has 4 heterocycles. The largest absolute Gasteiger partial charge is 0.444 e. The van der Waals surface area contributed by atoms with E-state index in [-0.39, 0.29) is 30.4 Å². The van der Waals surface area contributed by atoms with Crippen LogP contribution in [0, 0.1) is 17.8 Å². The van der Waals surface area contributed by atoms with E-state index in [9.17, 15) is 24.0 Å². The summed E-state index contributed by atoms with van der Waals surface area (Å²) in [5.74, 6) is 5.01. The zero-order valence-corrected chi connectivity index (χ0v) is 23.9. The molecule has 1 atom stereocenters. The van der Waals surface area contributed by atoms with Crippen LogP contribution in [0.1, 0.15) is 67.2 Å². The van der Waals surface area contributed by atoms with Crippen LogP contribution >= 0.6 is 0 Å². The Hall–Kier alpha value is -3.91. The van der Waals surface area contributed by atoms with Gasteiger partial charge in [-0.2, -0.15) is 0 Å². The number of imide groups is 2. The van der Waals surface area contributed by atoms with Gasteiger partial charge in [-0.05, 0) is 58.2 Å². The molecule has 1 aromatic rings. The first-order chi connectivity index (χ1) is 19.5. The molecule has 0 spiro atoms. The van der Waals surface area contributed by atoms with E-state index in [1.165, 1.54) is 0 Å². The van der Waals surface area contributed by atoms with Crippen molar-refractivity contribution in [3.05, 3.63) is 29.3 Å². The molecule has 4 aliphatic rings. The topological polar surface area (TPSA) is 120 Å². The van der Waals surface area contributed by atoms with Crippen LogP contribution in [0.4, 0.5) is 10.5 Å². The lowest BCUT2D eigenvalue weighted by molar-refractivity contribution is -0.136. The van der Waals surface area contributed by atoms with Crippen LogP contribution < -0.4 is 10.2 Å². The molecule has 3 fully saturated rings. The van der Waals surface area contributed by atoms with Crippen LogP contribution in [0.15, 0.2) is 18.2 Å². The van der Waals surface area contributed by atoms with Gasteiger partial charge in [0.2, 0.25) is 11.8 Å². The number of rotatable bonds is 3. The fourth-order valence-corrected chi connectivity index (χ4v) is 5.65. The maximum Gasteiger partial charge on any atom is 0.410 e. The number of carbonyl (C=O) groups excluding carboxylic acids is 5. The number of likely N-dealkylation sites (tertiary alicyclic amines) is 1. The molecule has 0 aliphatic carbocycles. The van der Waals surface area contributed by atoms with Gasteiger partial charge in [0.15, 0.2) is 0 Å². The molecule has 1 aromatic carbocycles. The van der Waals surface area contributed by atoms with Gasteiger partial charge < -0.3 is 14.5 Å². The van der Waals surface area contributed by atoms with Gasteiger partial charge in [-0.15, -0.1) is 0 Å². The number of piperazine rings is 1. The quantitative estimate of drug-likeness (QED) is 0.437. The highest BCUT2D eigenvalue weighted by atomic mass is 16.6. The van der Waals surface area contributed by atoms with Gasteiger partial charge in [-0.1, -0.05) is 11.8 Å². The summed E-state index contributed by atoms with van der Waals surface area (Å²) in [6.07, 6.45) is 1.67. The van der Waals surface area contributed by atoms with Crippen LogP contribution in [0.25, 0.3) is 0 Å². The van der Waals surface area contributed by atoms with Crippen LogP contribution in [0.3, 0.4) is 0 Å². The Bertz CT molecular complexity index is 1310. The van der Waals surface area contributed by atoms with Crippen molar-refractivity contribution in [2.75, 3.05) is 50.7 Å². The van der Waals surface area contributed by atoms with Crippen molar-refractivity contribution in [3.63, 3.8) is 0 Å². The van der Waals surface area contributed by atoms with E-state index in [0.717, 1.165) is 49.6 Å². The number of hydrogen-bond acceptors (Lipinski definition) is 8. The number of amides is 5. The molecule has 0 radical (unpaired) electrons. The Kier molecular flexibility index (Phi) is 8.04. The SMILES string of the molecule is CC(C)(C)OC(=O)N1CCC(C#CCN2CCN(c3ccc4c(c3)C(=O)N(C3CCC(=O)NC3=O)C4=O)CC2)CC1. The van der Waals surface area contributed by atoms with Crippen molar-refractivity contribution in [1.29, 1.82) is 0 Å². The normalized spacial score (nSPS) is 22.3. The number of fused-ring (bicyclic) bond motifs is 1. The molecule has 0 bridgehead atoms. The Morgan fingerprint density at radius 1 is 0.951 bits per heavy atom. The van der Waals surface area contributed by atoms with E-state index in [1.54, 1.807) is 17.0 Å². The van der Waals surface area contributed by atoms with Gasteiger partial charge >= 0.3 is 6.09 Å². The van der Waals surface area contributed by atoms with Crippen molar-refractivity contribution in [3.8, 4) is 11.8 Å². The highest BCUT2D eigenvalue weighted by Crippen LogP contribution is 2.31. The molecule has 0 aromatic heterocycles. The van der Waals surface area contributed by atoms with Crippen LogP contribution in [0.2, 0.25) is 0 Å². The van der Waals surface area contributed by atoms with Gasteiger partial charge in [-0.3, -0.25) is 34.3 Å². The van der Waals surface area contributed by atoms with Gasteiger partial charge in [0.1, 0.15) is 11.6 Å². The first-order valence-corrected chi connectivity index (χ1v) is 14.3. The van der Waals surface area contributed by atoms with Gasteiger partial charge in [0.25, 0.3) is 11.8 Å². The number of benzene rings is 1. The molecule has 5 rings (SSSR count). The van der Waals surface area contributed by atoms with Gasteiger partial charge in [0.05, 0.1) is 17.7 Å². The molecular weight excluding hydrogens is 526 g/mol. The lowest BCUT2D eigenvalue weighted by atomic mass is 9.98. The summed E-state index contributed by atoms with van der Waals surface area (Å²) in [5.41, 5.74) is 0.947. The third-order valence-electron chi connectivity index (χ3n) is 7.92. The summed E-state index contributed by atoms with van der Waals surface area (Å²) in [6.45, 7) is 10.8. The Balaban J connectivity index is 1.10. The summed E-state index contributed by atoms with van der Waals surface area (Å²) in [6, 6.07) is 4.27. The first kappa shape index (κ1) is 28.6. The minimum Gasteiger partial charge on any atom is -0.444 e. The lowest BCUT2D eigenvalue weighted by Crippen LogP contribution is -2.54. The summed E-state index contributed by atoms with van der Waals surface area (Å²) < 4.78 is 5.46. The molecule has 4 aliphatic heterocycles. The Labute approximate surface area is 240 Å². The maximum atomic E-state index is 13.1. The minimum absolute atomic E-state index is 0.0943. The molecule has 0 saturated carbocycles. The zero-order valence-electron chi connectivity index (χ0n) is 23.9. The molecule has 5 amide bonds. The van der Waals surface area contributed by atoms with E-state index >= 15 is 0 Å². The molecule has 1 N–H and O–H groups in total. The number of carbonyl (C=O) groups is 5. The van der Waals surface area contributed by atoms with Crippen molar-refractivity contribution < 1.29 is 28.7 Å². The minimum atomic E-state index is -0.967. The number of ether oxygens (including phenoxy) is 1. The summed E-state index contributed by atoms with van der Waals surface area (Å²) in [7, 11) is 0. The van der Waals surface area contributed by atoms with E-state index in [4.69, 9.17) is 4.74 Å². The second-order valence-corrected chi connectivity index (χ2v) is 12.0. The molecule has 218 valence electrons. The van der Waals surface area contributed by atoms with E-state index < -0.39 is 35.3 Å². The van der Waals surface area contributed by atoms with Gasteiger partial charge in [0, 0.05) is 57.3 Å². The molecule has 1 unspecified atom stereocenters. The summed E-state index contributed by atoms with van der Waals surface area (Å²) in [5, 5.41) is 2.22. The number of nitrogens with one attached hydrogen (secondary N) is 1. The second kappa shape index (κ2) is 11.5. The standard InChI is InChI=1S/C30H37N5O6/c1-30(2,3)41-29(40)34-13-10-20(11-14-34)5-4-12-32-15-17-33(18-16-32)21-6-7-22-23(19-21)28(39)35(27(22)38)24-8-9-25(36)31-26(24)37/h6-7,19-20,24H,8-18H2,1-3H3,(H,31,36,37). The first-order valence-electron chi connectivity index (χ1n) is 14.3. The fraction of sp³-hybridized carbons (Fsp3) is 0.567. The Morgan fingerprint density at radius 2 is 1.63 bits per heavy atom. The van der Waals surface area contributed by atoms with Crippen molar-refractivity contribution in [2.24, 2.45) is 5.92 Å². The number of anilines is 1. The Morgan fingerprint density at radius 3 is 2.29 bits per heavy atom. The summed E-state index contributed by atoms with van der Waals surface area (Å²) in [4.78, 5) is 69.4. The smallest absolute Gasteiger partial charge is 0.410 e. The molecule has 3 saturated heterocycles. The van der Waals surface area contributed by atoms with Crippen LogP contribution in [-0.4, -0.2) is 102 Å². The third-order valence-corrected chi connectivity index (χ3v) is 7.92. The highest BCUT2D eigenvalue weighted by molar-refractivity contribution is 6.23. The van der Waals surface area contributed by atoms with Crippen molar-refractivity contribution in [2.45, 2.75) is 58.1 Å². The maximum absolute atomic E-state index is 13.1. The van der Waals surface area contributed by atoms with Crippen molar-refractivity contribution >= 4 is 35.4 Å².